The lowest BCUT2D eigenvalue weighted by Gasteiger charge is -2.26. The van der Waals surface area contributed by atoms with Crippen molar-refractivity contribution >= 4 is 0 Å². The number of benzene rings is 2. The molecule has 3 nitrogen and oxygen atoms in total. The zero-order chi connectivity index (χ0) is 14.7. The highest BCUT2D eigenvalue weighted by Gasteiger charge is 2.20. The smallest absolute Gasteiger partial charge is 0.129 e. The molecule has 1 aliphatic heterocycles. The second-order valence-corrected chi connectivity index (χ2v) is 5.03. The fourth-order valence-corrected chi connectivity index (χ4v) is 2.55. The van der Waals surface area contributed by atoms with Crippen LogP contribution in [0.5, 0.6) is 5.75 Å². The molecule has 2 aromatic carbocycles. The van der Waals surface area contributed by atoms with Gasteiger partial charge in [0.05, 0.1) is 18.2 Å². The van der Waals surface area contributed by atoms with Crippen LogP contribution in [0.2, 0.25) is 0 Å². The van der Waals surface area contributed by atoms with Crippen LogP contribution in [-0.4, -0.2) is 6.61 Å². The van der Waals surface area contributed by atoms with Gasteiger partial charge in [0, 0.05) is 30.1 Å². The minimum Gasteiger partial charge on any atom is -0.493 e. The van der Waals surface area contributed by atoms with Gasteiger partial charge in [-0.05, 0) is 18.2 Å². The molecule has 3 rings (SSSR count). The third-order valence-corrected chi connectivity index (χ3v) is 3.68. The second kappa shape index (κ2) is 5.94. The van der Waals surface area contributed by atoms with E-state index in [1.54, 1.807) is 12.1 Å². The minimum atomic E-state index is -0.345. The fraction of sp³-hybridized carbons (Fsp3) is 0.235. The molecule has 0 saturated carbocycles. The molecule has 0 spiro atoms. The van der Waals surface area contributed by atoms with Gasteiger partial charge in [0.25, 0.3) is 0 Å². The lowest BCUT2D eigenvalue weighted by molar-refractivity contribution is 0.252. The number of nitriles is 1. The highest BCUT2D eigenvalue weighted by molar-refractivity contribution is 5.37. The molecule has 1 atom stereocenters. The second-order valence-electron chi connectivity index (χ2n) is 5.03. The van der Waals surface area contributed by atoms with Gasteiger partial charge in [0.1, 0.15) is 11.6 Å². The number of hydrogen-bond acceptors (Lipinski definition) is 3. The molecule has 0 radical (unpaired) electrons. The maximum absolute atomic E-state index is 13.9. The van der Waals surface area contributed by atoms with E-state index in [1.807, 2.05) is 30.3 Å². The molecule has 1 heterocycles. The molecule has 0 amide bonds. The Morgan fingerprint density at radius 1 is 1.29 bits per heavy atom. The van der Waals surface area contributed by atoms with Gasteiger partial charge in [-0.2, -0.15) is 5.26 Å². The molecule has 2 aromatic rings. The Balaban J connectivity index is 1.73. The van der Waals surface area contributed by atoms with Crippen molar-refractivity contribution in [3.05, 3.63) is 65.0 Å². The summed E-state index contributed by atoms with van der Waals surface area (Å²) < 4.78 is 19.5. The third kappa shape index (κ3) is 2.88. The number of halogens is 1. The van der Waals surface area contributed by atoms with Crippen molar-refractivity contribution < 1.29 is 9.13 Å². The van der Waals surface area contributed by atoms with Gasteiger partial charge < -0.3 is 10.1 Å². The number of nitrogens with one attached hydrogen (secondary N) is 1. The standard InChI is InChI=1S/C17H15FN2O/c18-15-9-12(10-19)5-6-13(15)11-20-16-7-8-21-17-4-2-1-3-14(16)17/h1-6,9,16,20H,7-8,11H2. The Kier molecular flexibility index (Phi) is 3.85. The van der Waals surface area contributed by atoms with Gasteiger partial charge in [-0.25, -0.2) is 4.39 Å². The normalized spacial score (nSPS) is 16.7. The molecule has 0 saturated heterocycles. The zero-order valence-corrected chi connectivity index (χ0v) is 11.5. The summed E-state index contributed by atoms with van der Waals surface area (Å²) in [7, 11) is 0. The summed E-state index contributed by atoms with van der Waals surface area (Å²) in [5, 5.41) is 12.1. The van der Waals surface area contributed by atoms with Crippen molar-refractivity contribution in [3.63, 3.8) is 0 Å². The molecule has 0 aromatic heterocycles. The first-order valence-electron chi connectivity index (χ1n) is 6.91. The Morgan fingerprint density at radius 3 is 2.95 bits per heavy atom. The van der Waals surface area contributed by atoms with E-state index in [0.717, 1.165) is 17.7 Å². The maximum Gasteiger partial charge on any atom is 0.129 e. The Hall–Kier alpha value is -2.38. The van der Waals surface area contributed by atoms with Crippen LogP contribution in [-0.2, 0) is 6.54 Å². The molecule has 1 aliphatic rings. The quantitative estimate of drug-likeness (QED) is 0.939. The van der Waals surface area contributed by atoms with Gasteiger partial charge in [-0.15, -0.1) is 0 Å². The van der Waals surface area contributed by atoms with Crippen LogP contribution in [0.1, 0.15) is 29.2 Å². The molecule has 0 bridgehead atoms. The van der Waals surface area contributed by atoms with Crippen molar-refractivity contribution in [1.82, 2.24) is 5.32 Å². The van der Waals surface area contributed by atoms with Crippen molar-refractivity contribution in [2.24, 2.45) is 0 Å². The molecule has 4 heteroatoms. The summed E-state index contributed by atoms with van der Waals surface area (Å²) >= 11 is 0. The summed E-state index contributed by atoms with van der Waals surface area (Å²) in [5.74, 6) is 0.545. The summed E-state index contributed by atoms with van der Waals surface area (Å²) in [6.07, 6.45) is 0.856. The first kappa shape index (κ1) is 13.6. The summed E-state index contributed by atoms with van der Waals surface area (Å²) in [4.78, 5) is 0. The highest BCUT2D eigenvalue weighted by Crippen LogP contribution is 2.31. The third-order valence-electron chi connectivity index (χ3n) is 3.68. The van der Waals surface area contributed by atoms with Crippen LogP contribution in [0, 0.1) is 17.1 Å². The summed E-state index contributed by atoms with van der Waals surface area (Å²) in [6.45, 7) is 1.08. The first-order valence-corrected chi connectivity index (χ1v) is 6.91. The first-order chi connectivity index (χ1) is 10.3. The van der Waals surface area contributed by atoms with E-state index >= 15 is 0 Å². The van der Waals surface area contributed by atoms with Gasteiger partial charge in [0.2, 0.25) is 0 Å². The topological polar surface area (TPSA) is 45.0 Å². The Bertz CT molecular complexity index is 693. The summed E-state index contributed by atoms with van der Waals surface area (Å²) in [6, 6.07) is 14.6. The van der Waals surface area contributed by atoms with E-state index in [9.17, 15) is 4.39 Å². The number of hydrogen-bond donors (Lipinski definition) is 1. The van der Waals surface area contributed by atoms with Gasteiger partial charge >= 0.3 is 0 Å². The fourth-order valence-electron chi connectivity index (χ4n) is 2.55. The predicted octanol–water partition coefficient (Wildman–Crippen LogP) is 3.31. The lowest BCUT2D eigenvalue weighted by atomic mass is 10.00. The lowest BCUT2D eigenvalue weighted by Crippen LogP contribution is -2.27. The van der Waals surface area contributed by atoms with E-state index in [2.05, 4.69) is 5.32 Å². The molecule has 1 N–H and O–H groups in total. The molecule has 21 heavy (non-hydrogen) atoms. The monoisotopic (exact) mass is 282 g/mol. The largest absolute Gasteiger partial charge is 0.493 e. The molecule has 0 aliphatic carbocycles. The number of rotatable bonds is 3. The van der Waals surface area contributed by atoms with Crippen molar-refractivity contribution in [3.8, 4) is 11.8 Å². The van der Waals surface area contributed by atoms with Crippen molar-refractivity contribution in [1.29, 1.82) is 5.26 Å². The van der Waals surface area contributed by atoms with E-state index in [4.69, 9.17) is 10.00 Å². The zero-order valence-electron chi connectivity index (χ0n) is 11.5. The molecule has 106 valence electrons. The highest BCUT2D eigenvalue weighted by atomic mass is 19.1. The molecular weight excluding hydrogens is 267 g/mol. The average Bonchev–Trinajstić information content (AvgIpc) is 2.53. The molecule has 0 fully saturated rings. The number of fused-ring (bicyclic) bond motifs is 1. The van der Waals surface area contributed by atoms with Gasteiger partial charge in [0.15, 0.2) is 0 Å². The summed E-state index contributed by atoms with van der Waals surface area (Å²) in [5.41, 5.74) is 2.02. The maximum atomic E-state index is 13.9. The molecule has 1 unspecified atom stereocenters. The van der Waals surface area contributed by atoms with Crippen LogP contribution in [0.4, 0.5) is 4.39 Å². The van der Waals surface area contributed by atoms with Crippen molar-refractivity contribution in [2.45, 2.75) is 19.0 Å². The van der Waals surface area contributed by atoms with Crippen LogP contribution in [0.3, 0.4) is 0 Å². The Morgan fingerprint density at radius 2 is 2.14 bits per heavy atom. The SMILES string of the molecule is N#Cc1ccc(CNC2CCOc3ccccc32)c(F)c1. The minimum absolute atomic E-state index is 0.157. The number of ether oxygens (including phenoxy) is 1. The van der Waals surface area contributed by atoms with E-state index in [1.165, 1.54) is 6.07 Å². The van der Waals surface area contributed by atoms with E-state index in [0.29, 0.717) is 24.3 Å². The number of para-hydroxylation sites is 1. The molecular formula is C17H15FN2O. The van der Waals surface area contributed by atoms with Crippen LogP contribution >= 0.6 is 0 Å². The van der Waals surface area contributed by atoms with Crippen LogP contribution < -0.4 is 10.1 Å². The van der Waals surface area contributed by atoms with E-state index in [-0.39, 0.29) is 11.9 Å². The predicted molar refractivity (Wildman–Crippen MR) is 77.2 cm³/mol. The average molecular weight is 282 g/mol. The van der Waals surface area contributed by atoms with E-state index < -0.39 is 0 Å². The van der Waals surface area contributed by atoms with Crippen LogP contribution in [0.25, 0.3) is 0 Å². The van der Waals surface area contributed by atoms with Crippen molar-refractivity contribution in [2.75, 3.05) is 6.61 Å². The van der Waals surface area contributed by atoms with Gasteiger partial charge in [-0.1, -0.05) is 24.3 Å². The Labute approximate surface area is 123 Å². The van der Waals surface area contributed by atoms with Gasteiger partial charge in [-0.3, -0.25) is 0 Å². The number of nitrogens with zero attached hydrogens (tertiary/aromatic N) is 1. The van der Waals surface area contributed by atoms with Crippen LogP contribution in [0.15, 0.2) is 42.5 Å².